The molecular weight excluding hydrogens is 507 g/mol. The van der Waals surface area contributed by atoms with Crippen molar-refractivity contribution in [2.75, 3.05) is 23.3 Å². The van der Waals surface area contributed by atoms with Crippen molar-refractivity contribution >= 4 is 39.9 Å². The topological polar surface area (TPSA) is 103 Å². The summed E-state index contributed by atoms with van der Waals surface area (Å²) in [6.45, 7) is 8.00. The van der Waals surface area contributed by atoms with Crippen LogP contribution in [-0.4, -0.2) is 39.2 Å². The molecule has 1 atom stereocenters. The molecule has 10 heteroatoms. The second-order valence-electron chi connectivity index (χ2n) is 9.93. The van der Waals surface area contributed by atoms with Crippen LogP contribution in [0.15, 0.2) is 48.8 Å². The van der Waals surface area contributed by atoms with E-state index < -0.39 is 11.6 Å². The zero-order valence-corrected chi connectivity index (χ0v) is 22.3. The summed E-state index contributed by atoms with van der Waals surface area (Å²) in [5.41, 5.74) is 3.49. The molecule has 0 spiro atoms. The molecule has 1 aliphatic heterocycles. The third-order valence-corrected chi connectivity index (χ3v) is 7.06. The van der Waals surface area contributed by atoms with E-state index in [0.29, 0.717) is 46.6 Å². The smallest absolute Gasteiger partial charge is 0.321 e. The number of aromatic nitrogens is 3. The van der Waals surface area contributed by atoms with Gasteiger partial charge in [0.05, 0.1) is 28.0 Å². The van der Waals surface area contributed by atoms with Gasteiger partial charge in [0.2, 0.25) is 0 Å². The minimum atomic E-state index is -1.14. The lowest BCUT2D eigenvalue weighted by atomic mass is 10.0. The third kappa shape index (κ3) is 4.87. The highest BCUT2D eigenvalue weighted by molar-refractivity contribution is 6.35. The van der Waals surface area contributed by atoms with E-state index in [0.717, 1.165) is 22.0 Å². The zero-order chi connectivity index (χ0) is 27.2. The summed E-state index contributed by atoms with van der Waals surface area (Å²) in [7, 11) is 0. The van der Waals surface area contributed by atoms with Crippen molar-refractivity contribution in [1.29, 1.82) is 0 Å². The highest BCUT2D eigenvalue weighted by Crippen LogP contribution is 2.37. The zero-order valence-electron chi connectivity index (χ0n) is 21.5. The average molecular weight is 535 g/mol. The third-order valence-electron chi connectivity index (χ3n) is 6.60. The molecule has 0 bridgehead atoms. The Morgan fingerprint density at radius 3 is 2.55 bits per heavy atom. The maximum absolute atomic E-state index is 15.0. The average Bonchev–Trinajstić information content (AvgIpc) is 3.32. The van der Waals surface area contributed by atoms with Crippen molar-refractivity contribution in [3.05, 3.63) is 76.7 Å². The predicted molar refractivity (Wildman–Crippen MR) is 147 cm³/mol. The molecule has 3 heterocycles. The van der Waals surface area contributed by atoms with E-state index in [2.05, 4.69) is 25.6 Å². The van der Waals surface area contributed by atoms with Gasteiger partial charge >= 0.3 is 6.03 Å². The summed E-state index contributed by atoms with van der Waals surface area (Å²) in [6.07, 6.45) is 3.33. The van der Waals surface area contributed by atoms with E-state index in [4.69, 9.17) is 11.6 Å². The number of halogens is 2. The molecule has 0 saturated carbocycles. The maximum Gasteiger partial charge on any atom is 0.321 e. The second kappa shape index (κ2) is 9.81. The molecule has 38 heavy (non-hydrogen) atoms. The fourth-order valence-electron chi connectivity index (χ4n) is 4.52. The number of rotatable bonds is 6. The van der Waals surface area contributed by atoms with Gasteiger partial charge < -0.3 is 15.7 Å². The Morgan fingerprint density at radius 2 is 1.89 bits per heavy atom. The Kier molecular flexibility index (Phi) is 6.66. The molecule has 2 aromatic carbocycles. The lowest BCUT2D eigenvalue weighted by molar-refractivity contribution is 0.0687. The Labute approximate surface area is 224 Å². The van der Waals surface area contributed by atoms with Crippen LogP contribution in [0.3, 0.4) is 0 Å². The largest absolute Gasteiger partial charge is 0.382 e. The molecule has 196 valence electrons. The van der Waals surface area contributed by atoms with E-state index in [1.807, 2.05) is 32.0 Å². The minimum Gasteiger partial charge on any atom is -0.382 e. The molecule has 1 fully saturated rings. The van der Waals surface area contributed by atoms with Crippen molar-refractivity contribution in [3.63, 3.8) is 0 Å². The van der Waals surface area contributed by atoms with E-state index >= 15 is 0 Å². The summed E-state index contributed by atoms with van der Waals surface area (Å²) >= 11 is 6.73. The fourth-order valence-corrected chi connectivity index (χ4v) is 4.72. The van der Waals surface area contributed by atoms with Crippen LogP contribution >= 0.6 is 11.6 Å². The van der Waals surface area contributed by atoms with Crippen molar-refractivity contribution in [1.82, 2.24) is 20.3 Å². The van der Waals surface area contributed by atoms with Crippen LogP contribution in [0.1, 0.15) is 43.9 Å². The van der Waals surface area contributed by atoms with Crippen LogP contribution in [0.2, 0.25) is 5.02 Å². The summed E-state index contributed by atoms with van der Waals surface area (Å²) in [4.78, 5) is 27.0. The van der Waals surface area contributed by atoms with Crippen LogP contribution in [-0.2, 0) is 5.60 Å². The SMILES string of the molecule is Cc1nc2ccc(-c3cnc(C(C)(C)O)nc3)cc2c(NC(C)c2cc(N3CCNC3=O)ccc2F)c1Cl. The second-order valence-corrected chi connectivity index (χ2v) is 10.3. The fraction of sp³-hybridized carbons (Fsp3) is 0.286. The van der Waals surface area contributed by atoms with Crippen LogP contribution < -0.4 is 15.5 Å². The Bertz CT molecular complexity index is 1540. The summed E-state index contributed by atoms with van der Waals surface area (Å²) in [6, 6.07) is 9.74. The van der Waals surface area contributed by atoms with Gasteiger partial charge in [-0.3, -0.25) is 9.88 Å². The first-order valence-electron chi connectivity index (χ1n) is 12.3. The lowest BCUT2D eigenvalue weighted by Crippen LogP contribution is -2.28. The number of aryl methyl sites for hydroxylation is 1. The Balaban J connectivity index is 1.53. The summed E-state index contributed by atoms with van der Waals surface area (Å²) in [5, 5.41) is 17.5. The van der Waals surface area contributed by atoms with Gasteiger partial charge in [-0.25, -0.2) is 19.2 Å². The summed E-state index contributed by atoms with van der Waals surface area (Å²) < 4.78 is 15.0. The number of pyridine rings is 1. The van der Waals surface area contributed by atoms with Gasteiger partial charge in [0, 0.05) is 47.7 Å². The quantitative estimate of drug-likeness (QED) is 0.292. The first kappa shape index (κ1) is 25.8. The van der Waals surface area contributed by atoms with Crippen LogP contribution in [0.4, 0.5) is 20.6 Å². The van der Waals surface area contributed by atoms with Crippen molar-refractivity contribution < 1.29 is 14.3 Å². The number of hydrogen-bond acceptors (Lipinski definition) is 6. The molecule has 5 rings (SSSR count). The van der Waals surface area contributed by atoms with E-state index in [-0.39, 0.29) is 11.8 Å². The number of nitrogens with zero attached hydrogens (tertiary/aromatic N) is 4. The van der Waals surface area contributed by atoms with Gasteiger partial charge in [-0.1, -0.05) is 17.7 Å². The van der Waals surface area contributed by atoms with Gasteiger partial charge in [-0.05, 0) is 63.6 Å². The van der Waals surface area contributed by atoms with Gasteiger partial charge in [-0.2, -0.15) is 0 Å². The number of aliphatic hydroxyl groups is 1. The molecule has 8 nitrogen and oxygen atoms in total. The molecule has 2 amide bonds. The first-order chi connectivity index (χ1) is 18.0. The standard InChI is InChI=1S/C28H28ClFN6O2/c1-15(20-12-19(6-7-22(20)30)36-10-9-31-27(36)37)35-25-21-11-17(5-8-23(21)34-16(2)24(25)29)18-13-32-26(33-14-18)28(3,4)38/h5-8,11-15,38H,9-10H2,1-4H3,(H,31,37)(H,34,35). The highest BCUT2D eigenvalue weighted by Gasteiger charge is 2.24. The molecule has 4 aromatic rings. The Morgan fingerprint density at radius 1 is 1.16 bits per heavy atom. The lowest BCUT2D eigenvalue weighted by Gasteiger charge is -2.22. The number of carbonyl (C=O) groups excluding carboxylic acids is 1. The van der Waals surface area contributed by atoms with Crippen molar-refractivity contribution in [2.24, 2.45) is 0 Å². The van der Waals surface area contributed by atoms with E-state index in [1.165, 1.54) is 6.07 Å². The van der Waals surface area contributed by atoms with E-state index in [1.54, 1.807) is 43.3 Å². The Hall–Kier alpha value is -3.82. The number of carbonyl (C=O) groups is 1. The van der Waals surface area contributed by atoms with Crippen LogP contribution in [0.25, 0.3) is 22.0 Å². The van der Waals surface area contributed by atoms with Crippen LogP contribution in [0, 0.1) is 12.7 Å². The number of amides is 2. The predicted octanol–water partition coefficient (Wildman–Crippen LogP) is 5.72. The number of nitrogens with one attached hydrogen (secondary N) is 2. The number of urea groups is 1. The van der Waals surface area contributed by atoms with Crippen molar-refractivity contribution in [2.45, 2.75) is 39.3 Å². The number of anilines is 2. The summed E-state index contributed by atoms with van der Waals surface area (Å²) in [5.74, 6) is -0.0569. The minimum absolute atomic E-state index is 0.200. The van der Waals surface area contributed by atoms with Gasteiger partial charge in [0.25, 0.3) is 0 Å². The number of benzene rings is 2. The monoisotopic (exact) mass is 534 g/mol. The van der Waals surface area contributed by atoms with E-state index in [9.17, 15) is 14.3 Å². The first-order valence-corrected chi connectivity index (χ1v) is 12.7. The highest BCUT2D eigenvalue weighted by atomic mass is 35.5. The molecule has 3 N–H and O–H groups in total. The molecular formula is C28H28ClFN6O2. The van der Waals surface area contributed by atoms with Crippen LogP contribution in [0.5, 0.6) is 0 Å². The van der Waals surface area contributed by atoms with Crippen molar-refractivity contribution in [3.8, 4) is 11.1 Å². The normalized spacial score (nSPS) is 14.6. The molecule has 0 radical (unpaired) electrons. The van der Waals surface area contributed by atoms with Gasteiger partial charge in [0.1, 0.15) is 11.4 Å². The maximum atomic E-state index is 15.0. The molecule has 1 aliphatic rings. The number of hydrogen-bond donors (Lipinski definition) is 3. The molecule has 2 aromatic heterocycles. The van der Waals surface area contributed by atoms with Gasteiger partial charge in [-0.15, -0.1) is 0 Å². The molecule has 1 unspecified atom stereocenters. The number of fused-ring (bicyclic) bond motifs is 1. The molecule has 0 aliphatic carbocycles. The molecule has 1 saturated heterocycles. The van der Waals surface area contributed by atoms with Gasteiger partial charge in [0.15, 0.2) is 5.82 Å².